The Balaban J connectivity index is 1.20. The van der Waals surface area contributed by atoms with Crippen molar-refractivity contribution in [2.45, 2.75) is 51.5 Å². The van der Waals surface area contributed by atoms with Crippen LogP contribution in [0.5, 0.6) is 0 Å². The molecule has 0 saturated heterocycles. The Morgan fingerprint density at radius 1 is 1.06 bits per heavy atom. The van der Waals surface area contributed by atoms with E-state index in [1.165, 1.54) is 6.42 Å². The van der Waals surface area contributed by atoms with Crippen molar-refractivity contribution in [1.82, 2.24) is 20.2 Å². The highest BCUT2D eigenvalue weighted by atomic mass is 16.2. The summed E-state index contributed by atoms with van der Waals surface area (Å²) in [7, 11) is 0. The Bertz CT molecular complexity index is 1100. The van der Waals surface area contributed by atoms with Crippen molar-refractivity contribution in [3.63, 3.8) is 0 Å². The van der Waals surface area contributed by atoms with Gasteiger partial charge in [-0.25, -0.2) is 4.98 Å². The number of nitrogens with zero attached hydrogens (tertiary/aromatic N) is 2. The molecule has 0 atom stereocenters. The van der Waals surface area contributed by atoms with Crippen molar-refractivity contribution >= 4 is 22.8 Å². The highest BCUT2D eigenvalue weighted by Gasteiger charge is 2.39. The highest BCUT2D eigenvalue weighted by molar-refractivity contribution is 5.98. The van der Waals surface area contributed by atoms with Crippen LogP contribution in [0.1, 0.15) is 60.3 Å². The molecule has 1 saturated carbocycles. The van der Waals surface area contributed by atoms with Gasteiger partial charge in [0.05, 0.1) is 11.0 Å². The Morgan fingerprint density at radius 2 is 1.84 bits per heavy atom. The lowest BCUT2D eigenvalue weighted by Crippen LogP contribution is -2.43. The molecule has 5 rings (SSSR count). The number of benzene rings is 2. The summed E-state index contributed by atoms with van der Waals surface area (Å²) >= 11 is 0. The van der Waals surface area contributed by atoms with Gasteiger partial charge in [0, 0.05) is 38.0 Å². The molecule has 1 fully saturated rings. The van der Waals surface area contributed by atoms with E-state index < -0.39 is 0 Å². The Hall–Kier alpha value is -3.15. The first-order valence-corrected chi connectivity index (χ1v) is 11.7. The van der Waals surface area contributed by atoms with Gasteiger partial charge in [-0.15, -0.1) is 0 Å². The first kappa shape index (κ1) is 20.7. The largest absolute Gasteiger partial charge is 0.356 e. The molecular formula is C26H30N4O2. The van der Waals surface area contributed by atoms with Crippen LogP contribution < -0.4 is 5.32 Å². The number of para-hydroxylation sites is 2. The van der Waals surface area contributed by atoms with Crippen LogP contribution in [0.15, 0.2) is 48.5 Å². The normalized spacial score (nSPS) is 17.5. The van der Waals surface area contributed by atoms with Crippen LogP contribution in [0.2, 0.25) is 0 Å². The fraction of sp³-hybridized carbons (Fsp3) is 0.423. The second kappa shape index (κ2) is 8.77. The van der Waals surface area contributed by atoms with Crippen LogP contribution in [0, 0.1) is 5.41 Å². The monoisotopic (exact) mass is 430 g/mol. The lowest BCUT2D eigenvalue weighted by atomic mass is 9.71. The van der Waals surface area contributed by atoms with Gasteiger partial charge in [-0.3, -0.25) is 9.59 Å². The molecule has 0 radical (unpaired) electrons. The highest BCUT2D eigenvalue weighted by Crippen LogP contribution is 2.41. The van der Waals surface area contributed by atoms with Crippen molar-refractivity contribution in [3.8, 4) is 0 Å². The topological polar surface area (TPSA) is 78.1 Å². The van der Waals surface area contributed by atoms with E-state index in [0.717, 1.165) is 53.7 Å². The van der Waals surface area contributed by atoms with Gasteiger partial charge in [0.2, 0.25) is 5.91 Å². The summed E-state index contributed by atoms with van der Waals surface area (Å²) in [6.45, 7) is 1.88. The van der Waals surface area contributed by atoms with Crippen molar-refractivity contribution < 1.29 is 9.59 Å². The fourth-order valence-corrected chi connectivity index (χ4v) is 5.39. The molecule has 2 aliphatic rings. The molecule has 2 heterocycles. The van der Waals surface area contributed by atoms with E-state index in [1.807, 2.05) is 53.4 Å². The molecule has 2 N–H and O–H groups in total. The van der Waals surface area contributed by atoms with Crippen molar-refractivity contribution in [2.75, 3.05) is 13.1 Å². The van der Waals surface area contributed by atoms with E-state index in [-0.39, 0.29) is 17.2 Å². The number of H-pyrrole nitrogens is 1. The smallest absolute Gasteiger partial charge is 0.254 e. The number of aromatic nitrogens is 2. The number of hydrogen-bond acceptors (Lipinski definition) is 3. The summed E-state index contributed by atoms with van der Waals surface area (Å²) in [5.41, 5.74) is 3.75. The average Bonchev–Trinajstić information content (AvgIpc) is 3.35. The van der Waals surface area contributed by atoms with Crippen LogP contribution in [0.25, 0.3) is 11.0 Å². The number of amides is 2. The van der Waals surface area contributed by atoms with E-state index >= 15 is 0 Å². The molecule has 2 aromatic carbocycles. The maximum Gasteiger partial charge on any atom is 0.254 e. The molecule has 1 aliphatic heterocycles. The number of carbonyl (C=O) groups excluding carboxylic acids is 2. The molecule has 6 nitrogen and oxygen atoms in total. The van der Waals surface area contributed by atoms with E-state index in [2.05, 4.69) is 15.3 Å². The van der Waals surface area contributed by atoms with Gasteiger partial charge in [-0.2, -0.15) is 0 Å². The van der Waals surface area contributed by atoms with Crippen LogP contribution in [0.4, 0.5) is 0 Å². The van der Waals surface area contributed by atoms with Crippen molar-refractivity contribution in [3.05, 3.63) is 65.5 Å². The van der Waals surface area contributed by atoms with Gasteiger partial charge in [-0.1, -0.05) is 49.6 Å². The molecule has 0 bridgehead atoms. The molecule has 1 aliphatic carbocycles. The molecule has 0 unspecified atom stereocenters. The zero-order valence-electron chi connectivity index (χ0n) is 18.4. The predicted octanol–water partition coefficient (Wildman–Crippen LogP) is 4.22. The molecular weight excluding hydrogens is 400 g/mol. The van der Waals surface area contributed by atoms with E-state index in [1.54, 1.807) is 0 Å². The number of carbonyl (C=O) groups is 2. The third kappa shape index (κ3) is 4.27. The van der Waals surface area contributed by atoms with Crippen LogP contribution >= 0.6 is 0 Å². The SMILES string of the molecule is O=C(CC1(CN2Cc3ccccc3C2=O)CCCCC1)NCCc1nc2ccccc2[nH]1. The summed E-state index contributed by atoms with van der Waals surface area (Å²) in [4.78, 5) is 35.7. The first-order valence-electron chi connectivity index (χ1n) is 11.7. The van der Waals surface area contributed by atoms with Gasteiger partial charge >= 0.3 is 0 Å². The molecule has 2 amide bonds. The van der Waals surface area contributed by atoms with Gasteiger partial charge in [0.25, 0.3) is 5.91 Å². The number of fused-ring (bicyclic) bond motifs is 2. The maximum atomic E-state index is 12.9. The number of aromatic amines is 1. The van der Waals surface area contributed by atoms with Crippen LogP contribution in [-0.4, -0.2) is 39.8 Å². The molecule has 1 aromatic heterocycles. The Kier molecular flexibility index (Phi) is 5.68. The minimum absolute atomic E-state index is 0.0761. The summed E-state index contributed by atoms with van der Waals surface area (Å²) in [6, 6.07) is 15.8. The Labute approximate surface area is 188 Å². The second-order valence-corrected chi connectivity index (χ2v) is 9.36. The quantitative estimate of drug-likeness (QED) is 0.589. The zero-order chi connectivity index (χ0) is 22.0. The van der Waals surface area contributed by atoms with Gasteiger partial charge in [-0.05, 0) is 42.0 Å². The number of imidazole rings is 1. The van der Waals surface area contributed by atoms with Crippen LogP contribution in [0.3, 0.4) is 0 Å². The van der Waals surface area contributed by atoms with E-state index in [0.29, 0.717) is 32.5 Å². The van der Waals surface area contributed by atoms with Crippen molar-refractivity contribution in [2.24, 2.45) is 5.41 Å². The zero-order valence-corrected chi connectivity index (χ0v) is 18.4. The molecule has 32 heavy (non-hydrogen) atoms. The number of rotatable bonds is 7. The van der Waals surface area contributed by atoms with Gasteiger partial charge in [0.1, 0.15) is 5.82 Å². The summed E-state index contributed by atoms with van der Waals surface area (Å²) in [5, 5.41) is 3.10. The predicted molar refractivity (Wildman–Crippen MR) is 124 cm³/mol. The van der Waals surface area contributed by atoms with Crippen LogP contribution in [-0.2, 0) is 17.8 Å². The average molecular weight is 431 g/mol. The lowest BCUT2D eigenvalue weighted by Gasteiger charge is -2.39. The first-order chi connectivity index (χ1) is 15.6. The van der Waals surface area contributed by atoms with Gasteiger partial charge < -0.3 is 15.2 Å². The third-order valence-electron chi connectivity index (χ3n) is 6.99. The molecule has 6 heteroatoms. The fourth-order valence-electron chi connectivity index (χ4n) is 5.39. The molecule has 166 valence electrons. The third-order valence-corrected chi connectivity index (χ3v) is 6.99. The minimum Gasteiger partial charge on any atom is -0.356 e. The standard InChI is InChI=1S/C26H30N4O2/c31-24(27-15-12-23-28-21-10-4-5-11-22(21)29-23)16-26(13-6-1-7-14-26)18-30-17-19-8-2-3-9-20(19)25(30)32/h2-5,8-11H,1,6-7,12-18H2,(H,27,31)(H,28,29). The maximum absolute atomic E-state index is 12.9. The van der Waals surface area contributed by atoms with E-state index in [9.17, 15) is 9.59 Å². The van der Waals surface area contributed by atoms with Gasteiger partial charge in [0.15, 0.2) is 0 Å². The summed E-state index contributed by atoms with van der Waals surface area (Å²) in [5.74, 6) is 1.07. The van der Waals surface area contributed by atoms with Crippen molar-refractivity contribution in [1.29, 1.82) is 0 Å². The second-order valence-electron chi connectivity index (χ2n) is 9.36. The summed E-state index contributed by atoms with van der Waals surface area (Å²) < 4.78 is 0. The lowest BCUT2D eigenvalue weighted by molar-refractivity contribution is -0.124. The Morgan fingerprint density at radius 3 is 2.66 bits per heavy atom. The molecule has 3 aromatic rings. The molecule has 0 spiro atoms. The summed E-state index contributed by atoms with van der Waals surface area (Å²) in [6.07, 6.45) is 6.63. The minimum atomic E-state index is -0.126. The number of hydrogen-bond donors (Lipinski definition) is 2. The number of nitrogens with one attached hydrogen (secondary N) is 2. The van der Waals surface area contributed by atoms with E-state index in [4.69, 9.17) is 0 Å².